The van der Waals surface area contributed by atoms with Crippen LogP contribution in [0.25, 0.3) is 0 Å². The Hall–Kier alpha value is -4.48. The molecule has 0 bridgehead atoms. The summed E-state index contributed by atoms with van der Waals surface area (Å²) in [5.41, 5.74) is 1.52. The quantitative estimate of drug-likeness (QED) is 0.363. The summed E-state index contributed by atoms with van der Waals surface area (Å²) >= 11 is 0. The van der Waals surface area contributed by atoms with E-state index in [9.17, 15) is 28.4 Å². The highest BCUT2D eigenvalue weighted by Gasteiger charge is 2.28. The van der Waals surface area contributed by atoms with Gasteiger partial charge in [0, 0.05) is 20.0 Å². The van der Waals surface area contributed by atoms with Gasteiger partial charge in [-0.05, 0) is 61.6 Å². The van der Waals surface area contributed by atoms with E-state index in [2.05, 4.69) is 21.3 Å². The average molecular weight is 584 g/mol. The van der Waals surface area contributed by atoms with Crippen LogP contribution in [0.4, 0.5) is 4.39 Å². The van der Waals surface area contributed by atoms with Crippen LogP contribution in [0.15, 0.2) is 48.5 Å². The molecule has 42 heavy (non-hydrogen) atoms. The van der Waals surface area contributed by atoms with E-state index in [4.69, 9.17) is 4.74 Å². The summed E-state index contributed by atoms with van der Waals surface area (Å²) in [5, 5.41) is 10.8. The van der Waals surface area contributed by atoms with E-state index in [0.29, 0.717) is 24.9 Å². The maximum atomic E-state index is 13.6. The largest absolute Gasteiger partial charge is 0.497 e. The fourth-order valence-corrected chi connectivity index (χ4v) is 4.52. The van der Waals surface area contributed by atoms with Crippen molar-refractivity contribution < 1.29 is 33.1 Å². The molecular weight excluding hydrogens is 545 g/mol. The number of nitrogens with one attached hydrogen (secondary N) is 4. The van der Waals surface area contributed by atoms with E-state index in [-0.39, 0.29) is 25.8 Å². The third-order valence-corrected chi connectivity index (χ3v) is 6.93. The molecule has 2 aromatic carbocycles. The molecule has 1 saturated heterocycles. The molecule has 1 aliphatic heterocycles. The second-order valence-corrected chi connectivity index (χ2v) is 10.3. The zero-order valence-electron chi connectivity index (χ0n) is 24.1. The second-order valence-electron chi connectivity index (χ2n) is 10.3. The Morgan fingerprint density at radius 3 is 2.50 bits per heavy atom. The zero-order chi connectivity index (χ0) is 30.6. The van der Waals surface area contributed by atoms with Gasteiger partial charge in [0.2, 0.25) is 29.5 Å². The molecule has 0 aromatic heterocycles. The highest BCUT2D eigenvalue weighted by molar-refractivity contribution is 5.92. The number of carbonyl (C=O) groups excluding carboxylic acids is 5. The van der Waals surface area contributed by atoms with E-state index in [0.717, 1.165) is 11.3 Å². The first-order valence-corrected chi connectivity index (χ1v) is 13.8. The molecule has 0 spiro atoms. The normalized spacial score (nSPS) is 20.9. The number of halogens is 1. The molecule has 1 aliphatic rings. The van der Waals surface area contributed by atoms with E-state index >= 15 is 0 Å². The Labute approximate surface area is 244 Å². The molecule has 0 unspecified atom stereocenters. The van der Waals surface area contributed by atoms with Crippen LogP contribution in [-0.2, 0) is 30.4 Å². The monoisotopic (exact) mass is 583 g/mol. The first-order chi connectivity index (χ1) is 20.0. The van der Waals surface area contributed by atoms with Crippen LogP contribution in [0.1, 0.15) is 49.8 Å². The van der Waals surface area contributed by atoms with Crippen molar-refractivity contribution in [1.29, 1.82) is 0 Å². The molecule has 5 amide bonds. The summed E-state index contributed by atoms with van der Waals surface area (Å²) in [6.45, 7) is 1.53. The van der Waals surface area contributed by atoms with Gasteiger partial charge in [-0.2, -0.15) is 0 Å². The van der Waals surface area contributed by atoms with Crippen LogP contribution in [0.2, 0.25) is 0 Å². The molecule has 0 saturated carbocycles. The average Bonchev–Trinajstić information content (AvgIpc) is 2.96. The number of aryl methyl sites for hydroxylation is 1. The molecule has 3 atom stereocenters. The molecule has 12 heteroatoms. The summed E-state index contributed by atoms with van der Waals surface area (Å²) in [6, 6.07) is 10.1. The number of carbonyl (C=O) groups is 5. The highest BCUT2D eigenvalue weighted by Crippen LogP contribution is 2.19. The number of ether oxygens (including phenoxy) is 1. The van der Waals surface area contributed by atoms with Crippen molar-refractivity contribution >= 4 is 29.5 Å². The minimum Gasteiger partial charge on any atom is -0.497 e. The SMILES string of the molecule is COc1cccc(CCCNC(=O)[C@@H]2CCC(=O)N(C)CC(=O)N[C@@H](C)C(=O)N[C@@H](c3ccc(F)cc3)CC(=O)N2)c1. The number of likely N-dealkylation sites (N-methyl/N-ethyl adjacent to an activating group) is 1. The van der Waals surface area contributed by atoms with Gasteiger partial charge in [0.05, 0.1) is 26.1 Å². The summed E-state index contributed by atoms with van der Waals surface area (Å²) in [7, 11) is 3.04. The number of amides is 5. The maximum Gasteiger partial charge on any atom is 0.242 e. The summed E-state index contributed by atoms with van der Waals surface area (Å²) in [4.78, 5) is 65.5. The minimum atomic E-state index is -1.03. The van der Waals surface area contributed by atoms with Crippen LogP contribution < -0.4 is 26.0 Å². The van der Waals surface area contributed by atoms with Crippen molar-refractivity contribution in [2.45, 2.75) is 57.2 Å². The Bertz CT molecular complexity index is 1270. The van der Waals surface area contributed by atoms with Crippen molar-refractivity contribution in [1.82, 2.24) is 26.2 Å². The lowest BCUT2D eigenvalue weighted by Gasteiger charge is -2.23. The van der Waals surface area contributed by atoms with Gasteiger partial charge >= 0.3 is 0 Å². The maximum absolute atomic E-state index is 13.6. The van der Waals surface area contributed by atoms with Crippen molar-refractivity contribution in [3.05, 3.63) is 65.5 Å². The predicted molar refractivity (Wildman–Crippen MR) is 153 cm³/mol. The lowest BCUT2D eigenvalue weighted by atomic mass is 10.0. The lowest BCUT2D eigenvalue weighted by molar-refractivity contribution is -0.136. The van der Waals surface area contributed by atoms with Gasteiger partial charge in [0.25, 0.3) is 0 Å². The first-order valence-electron chi connectivity index (χ1n) is 13.8. The molecule has 0 aliphatic carbocycles. The fourth-order valence-electron chi connectivity index (χ4n) is 4.52. The Morgan fingerprint density at radius 2 is 1.79 bits per heavy atom. The predicted octanol–water partition coefficient (Wildman–Crippen LogP) is 1.37. The highest BCUT2D eigenvalue weighted by atomic mass is 19.1. The van der Waals surface area contributed by atoms with Gasteiger partial charge < -0.3 is 30.9 Å². The lowest BCUT2D eigenvalue weighted by Crippen LogP contribution is -2.49. The molecule has 11 nitrogen and oxygen atoms in total. The zero-order valence-corrected chi connectivity index (χ0v) is 24.1. The minimum absolute atomic E-state index is 0.00221. The van der Waals surface area contributed by atoms with Crippen LogP contribution in [0, 0.1) is 5.82 Å². The molecule has 0 radical (unpaired) electrons. The number of benzene rings is 2. The number of methoxy groups -OCH3 is 1. The van der Waals surface area contributed by atoms with Crippen LogP contribution in [-0.4, -0.2) is 73.8 Å². The van der Waals surface area contributed by atoms with Gasteiger partial charge in [-0.15, -0.1) is 0 Å². The van der Waals surface area contributed by atoms with Gasteiger partial charge in [0.15, 0.2) is 0 Å². The molecule has 1 heterocycles. The Balaban J connectivity index is 1.73. The topological polar surface area (TPSA) is 146 Å². The summed E-state index contributed by atoms with van der Waals surface area (Å²) < 4.78 is 18.8. The summed E-state index contributed by atoms with van der Waals surface area (Å²) in [5.74, 6) is -2.25. The van der Waals surface area contributed by atoms with Gasteiger partial charge in [-0.25, -0.2) is 4.39 Å². The number of hydrogen-bond acceptors (Lipinski definition) is 6. The number of hydrogen-bond donors (Lipinski definition) is 4. The fraction of sp³-hybridized carbons (Fsp3) is 0.433. The smallest absolute Gasteiger partial charge is 0.242 e. The van der Waals surface area contributed by atoms with E-state index in [1.54, 1.807) is 7.11 Å². The number of rotatable bonds is 7. The molecular formula is C30H38FN5O6. The molecule has 4 N–H and O–H groups in total. The number of nitrogens with zero attached hydrogens (tertiary/aromatic N) is 1. The molecule has 2 aromatic rings. The first kappa shape index (κ1) is 32.0. The Kier molecular flexibility index (Phi) is 11.8. The van der Waals surface area contributed by atoms with Crippen molar-refractivity contribution in [2.75, 3.05) is 27.2 Å². The van der Waals surface area contributed by atoms with Crippen molar-refractivity contribution in [3.8, 4) is 5.75 Å². The van der Waals surface area contributed by atoms with Crippen LogP contribution in [0.5, 0.6) is 5.75 Å². The van der Waals surface area contributed by atoms with Crippen LogP contribution in [0.3, 0.4) is 0 Å². The van der Waals surface area contributed by atoms with Crippen molar-refractivity contribution in [2.24, 2.45) is 0 Å². The molecule has 226 valence electrons. The second kappa shape index (κ2) is 15.5. The van der Waals surface area contributed by atoms with E-state index < -0.39 is 53.5 Å². The van der Waals surface area contributed by atoms with Gasteiger partial charge in [-0.3, -0.25) is 24.0 Å². The molecule has 1 fully saturated rings. The van der Waals surface area contributed by atoms with Gasteiger partial charge in [0.1, 0.15) is 23.7 Å². The summed E-state index contributed by atoms with van der Waals surface area (Å²) in [6.07, 6.45) is 0.971. The standard InChI is InChI=1S/C30H38FN5O6/c1-19-29(40)35-25(21-9-11-22(31)12-10-21)17-26(37)34-24(13-14-28(39)36(2)18-27(38)33-19)30(41)32-15-5-7-20-6-4-8-23(16-20)42-3/h4,6,8-12,16,19,24-25H,5,7,13-15,17-18H2,1-3H3,(H,32,41)(H,33,38)(H,34,37)(H,35,40)/t19-,24-,25+/m0/s1. The van der Waals surface area contributed by atoms with Gasteiger partial charge in [-0.1, -0.05) is 24.3 Å². The third-order valence-electron chi connectivity index (χ3n) is 6.93. The van der Waals surface area contributed by atoms with Crippen LogP contribution >= 0.6 is 0 Å². The Morgan fingerprint density at radius 1 is 1.05 bits per heavy atom. The van der Waals surface area contributed by atoms with E-state index in [1.807, 2.05) is 24.3 Å². The van der Waals surface area contributed by atoms with Crippen molar-refractivity contribution in [3.63, 3.8) is 0 Å². The molecule has 3 rings (SSSR count). The van der Waals surface area contributed by atoms with E-state index in [1.165, 1.54) is 43.1 Å². The third kappa shape index (κ3) is 9.86.